The molecule has 0 aliphatic rings. The van der Waals surface area contributed by atoms with E-state index in [-0.39, 0.29) is 27.8 Å². The van der Waals surface area contributed by atoms with Crippen LogP contribution in [0.5, 0.6) is 0 Å². The number of nitro benzene ring substituents is 2. The zero-order chi connectivity index (χ0) is 19.6. The first kappa shape index (κ1) is 19.6. The minimum Gasteiger partial charge on any atom is -0.365 e. The van der Waals surface area contributed by atoms with Crippen LogP contribution in [0.4, 0.5) is 17.1 Å². The van der Waals surface area contributed by atoms with Gasteiger partial charge in [-0.1, -0.05) is 11.6 Å². The molecule has 0 atom stereocenters. The van der Waals surface area contributed by atoms with E-state index >= 15 is 0 Å². The number of hydrogen-bond donors (Lipinski definition) is 0. The molecular weight excluding hydrogens is 386 g/mol. The Labute approximate surface area is 154 Å². The van der Waals surface area contributed by atoms with E-state index in [1.807, 2.05) is 0 Å². The maximum atomic E-state index is 11.6. The lowest BCUT2D eigenvalue weighted by atomic mass is 10.1. The lowest BCUT2D eigenvalue weighted by Crippen LogP contribution is -2.18. The summed E-state index contributed by atoms with van der Waals surface area (Å²) in [5, 5.41) is 22.5. The standard InChI is InChI=1S/C15H14ClN3O6S/c1-17(9-10-7-11(18(20)21)3-5-13(10)16)14-6-4-12(26(2,24)25)8-15(14)19(22)23/h3-8H,9H2,1-2H3. The molecule has 2 aromatic rings. The Morgan fingerprint density at radius 2 is 1.73 bits per heavy atom. The fraction of sp³-hybridized carbons (Fsp3) is 0.200. The molecule has 0 aliphatic carbocycles. The second-order valence-electron chi connectivity index (χ2n) is 5.57. The molecule has 0 bridgehead atoms. The summed E-state index contributed by atoms with van der Waals surface area (Å²) in [6.07, 6.45) is 0.957. The number of sulfone groups is 1. The highest BCUT2D eigenvalue weighted by molar-refractivity contribution is 7.90. The van der Waals surface area contributed by atoms with Crippen LogP contribution in [-0.2, 0) is 16.4 Å². The molecule has 138 valence electrons. The maximum Gasteiger partial charge on any atom is 0.293 e. The first-order valence-electron chi connectivity index (χ1n) is 7.13. The number of benzene rings is 2. The van der Waals surface area contributed by atoms with Gasteiger partial charge in [0.05, 0.1) is 14.7 Å². The summed E-state index contributed by atoms with van der Waals surface area (Å²) in [7, 11) is -2.06. The fourth-order valence-electron chi connectivity index (χ4n) is 2.34. The Balaban J connectivity index is 2.44. The van der Waals surface area contributed by atoms with Crippen LogP contribution in [-0.4, -0.2) is 31.6 Å². The van der Waals surface area contributed by atoms with E-state index in [0.29, 0.717) is 5.56 Å². The van der Waals surface area contributed by atoms with Crippen molar-refractivity contribution >= 4 is 38.5 Å². The monoisotopic (exact) mass is 399 g/mol. The topological polar surface area (TPSA) is 124 Å². The van der Waals surface area contributed by atoms with Gasteiger partial charge in [0.1, 0.15) is 5.69 Å². The quantitative estimate of drug-likeness (QED) is 0.539. The van der Waals surface area contributed by atoms with Crippen LogP contribution in [0.15, 0.2) is 41.3 Å². The van der Waals surface area contributed by atoms with Crippen molar-refractivity contribution < 1.29 is 18.3 Å². The van der Waals surface area contributed by atoms with Gasteiger partial charge in [0.25, 0.3) is 11.4 Å². The first-order chi connectivity index (χ1) is 12.0. The van der Waals surface area contributed by atoms with E-state index in [1.165, 1.54) is 42.3 Å². The van der Waals surface area contributed by atoms with Gasteiger partial charge < -0.3 is 4.90 Å². The summed E-state index contributed by atoms with van der Waals surface area (Å²) in [4.78, 5) is 22.3. The molecular formula is C15H14ClN3O6S. The summed E-state index contributed by atoms with van der Waals surface area (Å²) in [5.41, 5.74) is 0.0199. The van der Waals surface area contributed by atoms with Crippen molar-refractivity contribution in [2.24, 2.45) is 0 Å². The number of rotatable bonds is 6. The van der Waals surface area contributed by atoms with Crippen molar-refractivity contribution in [1.82, 2.24) is 0 Å². The highest BCUT2D eigenvalue weighted by Crippen LogP contribution is 2.32. The van der Waals surface area contributed by atoms with E-state index in [2.05, 4.69) is 0 Å². The molecule has 0 saturated carbocycles. The van der Waals surface area contributed by atoms with Gasteiger partial charge >= 0.3 is 0 Å². The smallest absolute Gasteiger partial charge is 0.293 e. The number of non-ortho nitro benzene ring substituents is 1. The van der Waals surface area contributed by atoms with Gasteiger partial charge in [0.2, 0.25) is 0 Å². The minimum absolute atomic E-state index is 0.0551. The Morgan fingerprint density at radius 3 is 2.27 bits per heavy atom. The highest BCUT2D eigenvalue weighted by atomic mass is 35.5. The summed E-state index contributed by atoms with van der Waals surface area (Å²) in [6.45, 7) is 0.0551. The Kier molecular flexibility index (Phi) is 5.47. The third-order valence-electron chi connectivity index (χ3n) is 3.63. The molecule has 2 aromatic carbocycles. The molecule has 0 saturated heterocycles. The Bertz CT molecular complexity index is 993. The summed E-state index contributed by atoms with van der Waals surface area (Å²) in [5.74, 6) is 0. The van der Waals surface area contributed by atoms with E-state index < -0.39 is 25.4 Å². The zero-order valence-corrected chi connectivity index (χ0v) is 15.3. The lowest BCUT2D eigenvalue weighted by Gasteiger charge is -2.20. The van der Waals surface area contributed by atoms with Crippen LogP contribution >= 0.6 is 11.6 Å². The summed E-state index contributed by atoms with van der Waals surface area (Å²) >= 11 is 6.06. The maximum absolute atomic E-state index is 11.6. The van der Waals surface area contributed by atoms with Gasteiger partial charge in [-0.3, -0.25) is 20.2 Å². The number of anilines is 1. The summed E-state index contributed by atoms with van der Waals surface area (Å²) < 4.78 is 23.2. The third kappa shape index (κ3) is 4.27. The average molecular weight is 400 g/mol. The lowest BCUT2D eigenvalue weighted by molar-refractivity contribution is -0.384. The number of nitrogens with zero attached hydrogens (tertiary/aromatic N) is 3. The second kappa shape index (κ2) is 7.26. The van der Waals surface area contributed by atoms with E-state index in [0.717, 1.165) is 12.3 Å². The normalized spacial score (nSPS) is 11.2. The van der Waals surface area contributed by atoms with Gasteiger partial charge in [0, 0.05) is 43.1 Å². The molecule has 11 heteroatoms. The van der Waals surface area contributed by atoms with Crippen molar-refractivity contribution in [1.29, 1.82) is 0 Å². The van der Waals surface area contributed by atoms with E-state index in [9.17, 15) is 28.6 Å². The fourth-order valence-corrected chi connectivity index (χ4v) is 3.16. The van der Waals surface area contributed by atoms with Crippen molar-refractivity contribution in [2.75, 3.05) is 18.2 Å². The highest BCUT2D eigenvalue weighted by Gasteiger charge is 2.22. The van der Waals surface area contributed by atoms with Crippen molar-refractivity contribution in [2.45, 2.75) is 11.4 Å². The summed E-state index contributed by atoms with van der Waals surface area (Å²) in [6, 6.07) is 7.49. The molecule has 0 spiro atoms. The van der Waals surface area contributed by atoms with Gasteiger partial charge in [-0.2, -0.15) is 0 Å². The Morgan fingerprint density at radius 1 is 1.08 bits per heavy atom. The second-order valence-corrected chi connectivity index (χ2v) is 7.99. The van der Waals surface area contributed by atoms with Gasteiger partial charge in [-0.15, -0.1) is 0 Å². The van der Waals surface area contributed by atoms with Gasteiger partial charge in [-0.05, 0) is 23.8 Å². The van der Waals surface area contributed by atoms with Crippen molar-refractivity contribution in [3.05, 3.63) is 67.2 Å². The van der Waals surface area contributed by atoms with Crippen LogP contribution in [0.1, 0.15) is 5.56 Å². The third-order valence-corrected chi connectivity index (χ3v) is 5.11. The van der Waals surface area contributed by atoms with Crippen molar-refractivity contribution in [3.8, 4) is 0 Å². The van der Waals surface area contributed by atoms with Crippen LogP contribution in [0, 0.1) is 20.2 Å². The molecule has 26 heavy (non-hydrogen) atoms. The molecule has 0 N–H and O–H groups in total. The van der Waals surface area contributed by atoms with Crippen LogP contribution in [0.3, 0.4) is 0 Å². The molecule has 0 aliphatic heterocycles. The van der Waals surface area contributed by atoms with E-state index in [1.54, 1.807) is 0 Å². The van der Waals surface area contributed by atoms with Gasteiger partial charge in [0.15, 0.2) is 9.84 Å². The molecule has 0 unspecified atom stereocenters. The minimum atomic E-state index is -3.60. The molecule has 0 radical (unpaired) electrons. The predicted molar refractivity (Wildman–Crippen MR) is 96.4 cm³/mol. The van der Waals surface area contributed by atoms with Crippen molar-refractivity contribution in [3.63, 3.8) is 0 Å². The molecule has 0 fully saturated rings. The average Bonchev–Trinajstić information content (AvgIpc) is 2.55. The van der Waals surface area contributed by atoms with Crippen LogP contribution < -0.4 is 4.90 Å². The Hall–Kier alpha value is -2.72. The number of hydrogen-bond acceptors (Lipinski definition) is 7. The van der Waals surface area contributed by atoms with Crippen LogP contribution in [0.2, 0.25) is 5.02 Å². The number of nitro groups is 2. The van der Waals surface area contributed by atoms with Crippen LogP contribution in [0.25, 0.3) is 0 Å². The van der Waals surface area contributed by atoms with Gasteiger partial charge in [-0.25, -0.2) is 8.42 Å². The SMILES string of the molecule is CN(Cc1cc([N+](=O)[O-])ccc1Cl)c1ccc(S(C)(=O)=O)cc1[N+](=O)[O-]. The zero-order valence-electron chi connectivity index (χ0n) is 13.7. The largest absolute Gasteiger partial charge is 0.365 e. The first-order valence-corrected chi connectivity index (χ1v) is 9.40. The molecule has 0 heterocycles. The van der Waals surface area contributed by atoms with E-state index in [4.69, 9.17) is 11.6 Å². The molecule has 0 amide bonds. The predicted octanol–water partition coefficient (Wildman–Crippen LogP) is 3.20. The molecule has 0 aromatic heterocycles. The molecule has 9 nitrogen and oxygen atoms in total. The molecule has 2 rings (SSSR count). The number of halogens is 1.